The van der Waals surface area contributed by atoms with Gasteiger partial charge in [0.1, 0.15) is 12.4 Å². The Labute approximate surface area is 120 Å². The van der Waals surface area contributed by atoms with Crippen LogP contribution in [0, 0.1) is 11.8 Å². The summed E-state index contributed by atoms with van der Waals surface area (Å²) in [6.45, 7) is 3.82. The Kier molecular flexibility index (Phi) is 5.87. The van der Waals surface area contributed by atoms with Crippen LogP contribution in [-0.4, -0.2) is 48.9 Å². The maximum atomic E-state index is 9.45. The minimum Gasteiger partial charge on any atom is -0.492 e. The van der Waals surface area contributed by atoms with Gasteiger partial charge in [0.25, 0.3) is 0 Å². The van der Waals surface area contributed by atoms with E-state index in [4.69, 9.17) is 10.5 Å². The first-order valence-corrected chi connectivity index (χ1v) is 7.10. The number of piperidine rings is 1. The van der Waals surface area contributed by atoms with E-state index in [-0.39, 0.29) is 6.10 Å². The van der Waals surface area contributed by atoms with Crippen LogP contribution in [0.2, 0.25) is 0 Å². The van der Waals surface area contributed by atoms with Crippen LogP contribution in [0.5, 0.6) is 5.75 Å². The molecule has 3 N–H and O–H groups in total. The third-order valence-electron chi connectivity index (χ3n) is 3.40. The zero-order valence-corrected chi connectivity index (χ0v) is 11.7. The summed E-state index contributed by atoms with van der Waals surface area (Å²) in [5.74, 6) is 6.67. The molecule has 0 atom stereocenters. The van der Waals surface area contributed by atoms with E-state index in [0.717, 1.165) is 43.8 Å². The predicted octanol–water partition coefficient (Wildman–Crippen LogP) is 0.832. The summed E-state index contributed by atoms with van der Waals surface area (Å²) in [6, 6.07) is 7.75. The van der Waals surface area contributed by atoms with Crippen molar-refractivity contribution in [2.24, 2.45) is 5.73 Å². The molecular formula is C16H22N2O2. The van der Waals surface area contributed by atoms with E-state index >= 15 is 0 Å². The van der Waals surface area contributed by atoms with Gasteiger partial charge in [-0.15, -0.1) is 0 Å². The summed E-state index contributed by atoms with van der Waals surface area (Å²) in [5, 5.41) is 9.45. The van der Waals surface area contributed by atoms with Crippen molar-refractivity contribution < 1.29 is 9.84 Å². The molecule has 0 aromatic heterocycles. The second-order valence-corrected chi connectivity index (χ2v) is 4.96. The summed E-state index contributed by atoms with van der Waals surface area (Å²) in [6.07, 6.45) is 1.61. The first-order chi connectivity index (χ1) is 9.78. The molecule has 0 spiro atoms. The molecule has 0 aliphatic carbocycles. The van der Waals surface area contributed by atoms with E-state index in [2.05, 4.69) is 16.7 Å². The molecule has 108 valence electrons. The highest BCUT2D eigenvalue weighted by Crippen LogP contribution is 2.13. The third kappa shape index (κ3) is 4.86. The smallest absolute Gasteiger partial charge is 0.120 e. The number of ether oxygens (including phenoxy) is 1. The minimum atomic E-state index is -0.120. The Hall–Kier alpha value is -1.54. The fourth-order valence-electron chi connectivity index (χ4n) is 2.25. The minimum absolute atomic E-state index is 0.120. The Balaban J connectivity index is 1.76. The van der Waals surface area contributed by atoms with E-state index in [9.17, 15) is 5.11 Å². The van der Waals surface area contributed by atoms with Gasteiger partial charge in [-0.05, 0) is 31.0 Å². The second-order valence-electron chi connectivity index (χ2n) is 4.96. The van der Waals surface area contributed by atoms with Crippen molar-refractivity contribution in [3.63, 3.8) is 0 Å². The molecular weight excluding hydrogens is 252 g/mol. The van der Waals surface area contributed by atoms with Crippen LogP contribution in [0.3, 0.4) is 0 Å². The molecule has 0 bridgehead atoms. The lowest BCUT2D eigenvalue weighted by molar-refractivity contribution is 0.0755. The number of nitrogens with zero attached hydrogens (tertiary/aromatic N) is 1. The largest absolute Gasteiger partial charge is 0.492 e. The molecule has 4 nitrogen and oxygen atoms in total. The molecule has 1 aromatic carbocycles. The second kappa shape index (κ2) is 7.91. The van der Waals surface area contributed by atoms with Crippen LogP contribution < -0.4 is 10.5 Å². The number of aliphatic hydroxyl groups excluding tert-OH is 1. The van der Waals surface area contributed by atoms with Gasteiger partial charge < -0.3 is 15.6 Å². The molecule has 1 saturated heterocycles. The van der Waals surface area contributed by atoms with Gasteiger partial charge in [-0.2, -0.15) is 0 Å². The first kappa shape index (κ1) is 14.9. The summed E-state index contributed by atoms with van der Waals surface area (Å²) in [4.78, 5) is 2.32. The van der Waals surface area contributed by atoms with Crippen molar-refractivity contribution in [3.05, 3.63) is 29.8 Å². The fraction of sp³-hybridized carbons (Fsp3) is 0.500. The van der Waals surface area contributed by atoms with Crippen LogP contribution in [0.25, 0.3) is 0 Å². The molecule has 2 rings (SSSR count). The van der Waals surface area contributed by atoms with Crippen LogP contribution in [0.4, 0.5) is 0 Å². The van der Waals surface area contributed by atoms with Crippen molar-refractivity contribution in [2.75, 3.05) is 32.8 Å². The monoisotopic (exact) mass is 274 g/mol. The maximum Gasteiger partial charge on any atom is 0.120 e. The van der Waals surface area contributed by atoms with E-state index in [0.29, 0.717) is 13.2 Å². The molecule has 20 heavy (non-hydrogen) atoms. The zero-order valence-electron chi connectivity index (χ0n) is 11.7. The molecule has 1 aliphatic rings. The Morgan fingerprint density at radius 2 is 2.15 bits per heavy atom. The van der Waals surface area contributed by atoms with Crippen molar-refractivity contribution >= 4 is 0 Å². The lowest BCUT2D eigenvalue weighted by Crippen LogP contribution is -2.38. The van der Waals surface area contributed by atoms with Crippen molar-refractivity contribution in [2.45, 2.75) is 18.9 Å². The van der Waals surface area contributed by atoms with Gasteiger partial charge in [0.2, 0.25) is 0 Å². The van der Waals surface area contributed by atoms with Crippen LogP contribution in [0.1, 0.15) is 18.4 Å². The third-order valence-corrected chi connectivity index (χ3v) is 3.40. The maximum absolute atomic E-state index is 9.45. The number of aliphatic hydroxyl groups is 1. The highest BCUT2D eigenvalue weighted by atomic mass is 16.5. The van der Waals surface area contributed by atoms with E-state index in [1.807, 2.05) is 24.3 Å². The molecule has 0 saturated carbocycles. The lowest BCUT2D eigenvalue weighted by Gasteiger charge is -2.29. The highest BCUT2D eigenvalue weighted by Gasteiger charge is 2.16. The molecule has 4 heteroatoms. The van der Waals surface area contributed by atoms with Gasteiger partial charge >= 0.3 is 0 Å². The number of hydrogen-bond acceptors (Lipinski definition) is 4. The zero-order chi connectivity index (χ0) is 14.2. The quantitative estimate of drug-likeness (QED) is 0.799. The highest BCUT2D eigenvalue weighted by molar-refractivity contribution is 5.39. The van der Waals surface area contributed by atoms with Crippen LogP contribution in [0.15, 0.2) is 24.3 Å². The number of likely N-dealkylation sites (tertiary alicyclic amines) is 1. The normalized spacial score (nSPS) is 16.5. The standard InChI is InChI=1S/C16H22N2O2/c17-8-2-4-14-3-1-5-16(13-14)20-12-11-18-9-6-15(19)7-10-18/h1,3,5,13,15,19H,6-12,17H2. The average Bonchev–Trinajstić information content (AvgIpc) is 2.48. The van der Waals surface area contributed by atoms with Crippen LogP contribution in [-0.2, 0) is 0 Å². The number of rotatable bonds is 4. The summed E-state index contributed by atoms with van der Waals surface area (Å²) >= 11 is 0. The molecule has 1 aliphatic heterocycles. The summed E-state index contributed by atoms with van der Waals surface area (Å²) in [7, 11) is 0. The lowest BCUT2D eigenvalue weighted by atomic mass is 10.1. The number of hydrogen-bond donors (Lipinski definition) is 2. The molecule has 0 amide bonds. The van der Waals surface area contributed by atoms with Gasteiger partial charge in [0.05, 0.1) is 12.6 Å². The van der Waals surface area contributed by atoms with Gasteiger partial charge in [0.15, 0.2) is 0 Å². The molecule has 0 unspecified atom stereocenters. The van der Waals surface area contributed by atoms with Gasteiger partial charge in [-0.25, -0.2) is 0 Å². The van der Waals surface area contributed by atoms with E-state index < -0.39 is 0 Å². The SMILES string of the molecule is NCC#Cc1cccc(OCCN2CCC(O)CC2)c1. The topological polar surface area (TPSA) is 58.7 Å². The van der Waals surface area contributed by atoms with Gasteiger partial charge in [-0.3, -0.25) is 4.90 Å². The molecule has 1 aromatic rings. The Morgan fingerprint density at radius 3 is 2.90 bits per heavy atom. The molecule has 1 heterocycles. The first-order valence-electron chi connectivity index (χ1n) is 7.10. The number of benzene rings is 1. The van der Waals surface area contributed by atoms with Gasteiger partial charge in [-0.1, -0.05) is 17.9 Å². The number of nitrogens with two attached hydrogens (primary N) is 1. The summed E-state index contributed by atoms with van der Waals surface area (Å²) < 4.78 is 5.75. The fourth-order valence-corrected chi connectivity index (χ4v) is 2.25. The van der Waals surface area contributed by atoms with Crippen LogP contribution >= 0.6 is 0 Å². The Morgan fingerprint density at radius 1 is 1.35 bits per heavy atom. The van der Waals surface area contributed by atoms with Gasteiger partial charge in [0, 0.05) is 25.2 Å². The average molecular weight is 274 g/mol. The molecule has 1 fully saturated rings. The van der Waals surface area contributed by atoms with Crippen molar-refractivity contribution in [1.82, 2.24) is 4.90 Å². The predicted molar refractivity (Wildman–Crippen MR) is 79.6 cm³/mol. The van der Waals surface area contributed by atoms with Crippen molar-refractivity contribution in [3.8, 4) is 17.6 Å². The van der Waals surface area contributed by atoms with E-state index in [1.165, 1.54) is 0 Å². The van der Waals surface area contributed by atoms with Crippen molar-refractivity contribution in [1.29, 1.82) is 0 Å². The van der Waals surface area contributed by atoms with E-state index in [1.54, 1.807) is 0 Å². The summed E-state index contributed by atoms with van der Waals surface area (Å²) in [5.41, 5.74) is 6.28. The Bertz CT molecular complexity index is 471. The molecule has 0 radical (unpaired) electrons.